The first-order valence-corrected chi connectivity index (χ1v) is 5.72. The monoisotopic (exact) mass is 204 g/mol. The number of hydrogen-bond donors (Lipinski definition) is 0. The molecule has 0 aliphatic rings. The largest absolute Gasteiger partial charge is 0.300 e. The Balaban J connectivity index is 2.61. The Morgan fingerprint density at radius 3 is 2.27 bits per heavy atom. The van der Waals surface area contributed by atoms with E-state index in [-0.39, 0.29) is 0 Å². The third-order valence-electron chi connectivity index (χ3n) is 2.83. The summed E-state index contributed by atoms with van der Waals surface area (Å²) >= 11 is 0. The molecular formula is C14H20O. The van der Waals surface area contributed by atoms with Crippen molar-refractivity contribution < 1.29 is 4.79 Å². The summed E-state index contributed by atoms with van der Waals surface area (Å²) < 4.78 is 0. The third kappa shape index (κ3) is 3.50. The van der Waals surface area contributed by atoms with Crippen LogP contribution < -0.4 is 0 Å². The number of carbonyl (C=O) groups is 1. The molecule has 0 aromatic heterocycles. The van der Waals surface area contributed by atoms with Gasteiger partial charge in [-0.2, -0.15) is 0 Å². The summed E-state index contributed by atoms with van der Waals surface area (Å²) in [6.45, 7) is 6.29. The number of ketones is 1. The van der Waals surface area contributed by atoms with E-state index in [0.29, 0.717) is 12.2 Å². The van der Waals surface area contributed by atoms with Crippen molar-refractivity contribution in [1.29, 1.82) is 0 Å². The van der Waals surface area contributed by atoms with Gasteiger partial charge in [-0.05, 0) is 43.4 Å². The minimum absolute atomic E-state index is 0.389. The highest BCUT2D eigenvalue weighted by Gasteiger charge is 2.05. The molecule has 1 aromatic carbocycles. The molecule has 1 rings (SSSR count). The average molecular weight is 204 g/mol. The molecule has 0 bridgehead atoms. The maximum absolute atomic E-state index is 11.4. The molecule has 0 aliphatic heterocycles. The van der Waals surface area contributed by atoms with Crippen LogP contribution in [0.4, 0.5) is 0 Å². The van der Waals surface area contributed by atoms with Crippen LogP contribution in [-0.4, -0.2) is 5.78 Å². The van der Waals surface area contributed by atoms with Crippen molar-refractivity contribution in [2.45, 2.75) is 46.5 Å². The molecule has 0 spiro atoms. The molecule has 0 radical (unpaired) electrons. The molecule has 1 aromatic rings. The van der Waals surface area contributed by atoms with Crippen LogP contribution in [0.25, 0.3) is 0 Å². The van der Waals surface area contributed by atoms with Crippen molar-refractivity contribution in [3.8, 4) is 0 Å². The highest BCUT2D eigenvalue weighted by molar-refractivity contribution is 5.78. The van der Waals surface area contributed by atoms with E-state index >= 15 is 0 Å². The molecule has 0 amide bonds. The van der Waals surface area contributed by atoms with Crippen LogP contribution in [-0.2, 0) is 11.2 Å². The summed E-state index contributed by atoms with van der Waals surface area (Å²) in [6.07, 6.45) is 3.29. The maximum atomic E-state index is 11.4. The maximum Gasteiger partial charge on any atom is 0.133 e. The van der Waals surface area contributed by atoms with Crippen LogP contribution in [0.3, 0.4) is 0 Å². The Morgan fingerprint density at radius 2 is 1.73 bits per heavy atom. The Bertz CT molecular complexity index is 319. The van der Waals surface area contributed by atoms with Gasteiger partial charge in [-0.1, -0.05) is 25.1 Å². The van der Waals surface area contributed by atoms with Crippen molar-refractivity contribution >= 4 is 5.78 Å². The van der Waals surface area contributed by atoms with Gasteiger partial charge in [-0.3, -0.25) is 4.79 Å². The molecule has 1 nitrogen and oxygen atoms in total. The number of Topliss-reactive ketones (excluding diaryl/α,β-unsaturated/α-hetero) is 1. The molecule has 1 heteroatoms. The molecule has 0 aliphatic carbocycles. The zero-order valence-electron chi connectivity index (χ0n) is 9.97. The lowest BCUT2D eigenvalue weighted by atomic mass is 9.97. The normalized spacial score (nSPS) is 10.3. The van der Waals surface area contributed by atoms with E-state index in [1.165, 1.54) is 16.7 Å². The predicted molar refractivity (Wildman–Crippen MR) is 64.2 cm³/mol. The summed E-state index contributed by atoms with van der Waals surface area (Å²) in [5.41, 5.74) is 3.96. The minimum atomic E-state index is 0.389. The van der Waals surface area contributed by atoms with Crippen LogP contribution in [0.1, 0.15) is 42.9 Å². The van der Waals surface area contributed by atoms with Gasteiger partial charge >= 0.3 is 0 Å². The van der Waals surface area contributed by atoms with E-state index in [1.807, 2.05) is 0 Å². The SMILES string of the molecule is CCCC(=O)CCc1c(C)cccc1C. The van der Waals surface area contributed by atoms with Gasteiger partial charge in [0.1, 0.15) is 5.78 Å². The quantitative estimate of drug-likeness (QED) is 0.716. The average Bonchev–Trinajstić information content (AvgIpc) is 2.17. The predicted octanol–water partition coefficient (Wildman–Crippen LogP) is 3.61. The first kappa shape index (κ1) is 12.0. The lowest BCUT2D eigenvalue weighted by Crippen LogP contribution is -2.01. The van der Waals surface area contributed by atoms with Crippen LogP contribution in [0.5, 0.6) is 0 Å². The molecule has 0 atom stereocenters. The number of benzene rings is 1. The van der Waals surface area contributed by atoms with Gasteiger partial charge in [0, 0.05) is 12.8 Å². The van der Waals surface area contributed by atoms with Crippen LogP contribution in [0.15, 0.2) is 18.2 Å². The second kappa shape index (κ2) is 5.69. The number of aryl methyl sites for hydroxylation is 2. The van der Waals surface area contributed by atoms with E-state index < -0.39 is 0 Å². The van der Waals surface area contributed by atoms with Gasteiger partial charge in [0.05, 0.1) is 0 Å². The smallest absolute Gasteiger partial charge is 0.133 e. The Kier molecular flexibility index (Phi) is 4.54. The zero-order chi connectivity index (χ0) is 11.3. The van der Waals surface area contributed by atoms with E-state index in [0.717, 1.165) is 19.3 Å². The number of rotatable bonds is 5. The standard InChI is InChI=1S/C14H20O/c1-4-6-13(15)9-10-14-11(2)7-5-8-12(14)3/h5,7-8H,4,6,9-10H2,1-3H3. The molecule has 0 saturated heterocycles. The molecule has 15 heavy (non-hydrogen) atoms. The lowest BCUT2D eigenvalue weighted by molar-refractivity contribution is -0.119. The van der Waals surface area contributed by atoms with Gasteiger partial charge in [0.25, 0.3) is 0 Å². The van der Waals surface area contributed by atoms with Crippen molar-refractivity contribution in [2.75, 3.05) is 0 Å². The van der Waals surface area contributed by atoms with Crippen LogP contribution in [0.2, 0.25) is 0 Å². The van der Waals surface area contributed by atoms with Crippen molar-refractivity contribution in [2.24, 2.45) is 0 Å². The molecule has 0 fully saturated rings. The summed E-state index contributed by atoms with van der Waals surface area (Å²) in [7, 11) is 0. The van der Waals surface area contributed by atoms with Crippen LogP contribution >= 0.6 is 0 Å². The minimum Gasteiger partial charge on any atom is -0.300 e. The molecular weight excluding hydrogens is 184 g/mol. The van der Waals surface area contributed by atoms with Crippen LogP contribution in [0, 0.1) is 13.8 Å². The highest BCUT2D eigenvalue weighted by Crippen LogP contribution is 2.15. The van der Waals surface area contributed by atoms with Gasteiger partial charge in [0.2, 0.25) is 0 Å². The van der Waals surface area contributed by atoms with E-state index in [9.17, 15) is 4.79 Å². The first-order chi connectivity index (χ1) is 7.15. The summed E-state index contributed by atoms with van der Waals surface area (Å²) in [6, 6.07) is 6.31. The van der Waals surface area contributed by atoms with E-state index in [2.05, 4.69) is 39.0 Å². The summed E-state index contributed by atoms with van der Waals surface area (Å²) in [5, 5.41) is 0. The fourth-order valence-electron chi connectivity index (χ4n) is 1.91. The van der Waals surface area contributed by atoms with Gasteiger partial charge in [-0.15, -0.1) is 0 Å². The fourth-order valence-corrected chi connectivity index (χ4v) is 1.91. The molecule has 82 valence electrons. The molecule has 0 unspecified atom stereocenters. The van der Waals surface area contributed by atoms with Gasteiger partial charge in [0.15, 0.2) is 0 Å². The van der Waals surface area contributed by atoms with Gasteiger partial charge < -0.3 is 0 Å². The summed E-state index contributed by atoms with van der Waals surface area (Å²) in [4.78, 5) is 11.4. The van der Waals surface area contributed by atoms with E-state index in [4.69, 9.17) is 0 Å². The fraction of sp³-hybridized carbons (Fsp3) is 0.500. The van der Waals surface area contributed by atoms with Gasteiger partial charge in [-0.25, -0.2) is 0 Å². The highest BCUT2D eigenvalue weighted by atomic mass is 16.1. The second-order valence-electron chi connectivity index (χ2n) is 4.16. The molecule has 0 heterocycles. The Labute approximate surface area is 92.5 Å². The Hall–Kier alpha value is -1.11. The molecule has 0 saturated carbocycles. The molecule has 0 N–H and O–H groups in total. The zero-order valence-corrected chi connectivity index (χ0v) is 9.97. The second-order valence-corrected chi connectivity index (χ2v) is 4.16. The number of carbonyl (C=O) groups excluding carboxylic acids is 1. The first-order valence-electron chi connectivity index (χ1n) is 5.72. The van der Waals surface area contributed by atoms with Crippen molar-refractivity contribution in [3.05, 3.63) is 34.9 Å². The summed E-state index contributed by atoms with van der Waals surface area (Å²) in [5.74, 6) is 0.389. The lowest BCUT2D eigenvalue weighted by Gasteiger charge is -2.08. The van der Waals surface area contributed by atoms with E-state index in [1.54, 1.807) is 0 Å². The van der Waals surface area contributed by atoms with Crippen molar-refractivity contribution in [3.63, 3.8) is 0 Å². The Morgan fingerprint density at radius 1 is 1.13 bits per heavy atom. The van der Waals surface area contributed by atoms with Crippen molar-refractivity contribution in [1.82, 2.24) is 0 Å². The third-order valence-corrected chi connectivity index (χ3v) is 2.83. The topological polar surface area (TPSA) is 17.1 Å². The number of hydrogen-bond acceptors (Lipinski definition) is 1.